The molecule has 2 heterocycles. The molecular formula is C12H19N3O. The van der Waals surface area contributed by atoms with Crippen molar-refractivity contribution >= 4 is 5.91 Å². The van der Waals surface area contributed by atoms with Crippen LogP contribution in [0, 0.1) is 0 Å². The number of hydrogen-bond donors (Lipinski definition) is 1. The quantitative estimate of drug-likeness (QED) is 0.807. The second-order valence-corrected chi connectivity index (χ2v) is 4.23. The van der Waals surface area contributed by atoms with E-state index >= 15 is 0 Å². The predicted molar refractivity (Wildman–Crippen MR) is 63.5 cm³/mol. The third kappa shape index (κ3) is 1.97. The standard InChI is InChI=1S/C12H19N3O/c1-3-14-7-4-5-11(14)12(16)15-8-6-13-9-10(15)2/h4-5,7,10,13H,3,6,8-9H2,1-2H3/t10-/m1/s1. The molecule has 1 aromatic heterocycles. The first kappa shape index (κ1) is 11.2. The summed E-state index contributed by atoms with van der Waals surface area (Å²) in [4.78, 5) is 14.3. The van der Waals surface area contributed by atoms with E-state index < -0.39 is 0 Å². The molecule has 88 valence electrons. The molecule has 0 aromatic carbocycles. The van der Waals surface area contributed by atoms with Crippen LogP contribution in [0.25, 0.3) is 0 Å². The molecular weight excluding hydrogens is 202 g/mol. The van der Waals surface area contributed by atoms with Crippen LogP contribution in [-0.4, -0.2) is 41.1 Å². The molecule has 0 saturated carbocycles. The molecule has 0 radical (unpaired) electrons. The number of carbonyl (C=O) groups is 1. The zero-order chi connectivity index (χ0) is 11.5. The summed E-state index contributed by atoms with van der Waals surface area (Å²) in [6.07, 6.45) is 1.96. The Morgan fingerprint density at radius 3 is 3.12 bits per heavy atom. The minimum Gasteiger partial charge on any atom is -0.344 e. The van der Waals surface area contributed by atoms with Crippen molar-refractivity contribution in [1.82, 2.24) is 14.8 Å². The van der Waals surface area contributed by atoms with Crippen molar-refractivity contribution in [2.24, 2.45) is 0 Å². The second-order valence-electron chi connectivity index (χ2n) is 4.23. The SMILES string of the molecule is CCn1cccc1C(=O)N1CCNC[C@H]1C. The van der Waals surface area contributed by atoms with Gasteiger partial charge in [0.25, 0.3) is 5.91 Å². The highest BCUT2D eigenvalue weighted by molar-refractivity contribution is 5.93. The number of piperazine rings is 1. The van der Waals surface area contributed by atoms with Crippen LogP contribution in [0.1, 0.15) is 24.3 Å². The van der Waals surface area contributed by atoms with Gasteiger partial charge in [0.2, 0.25) is 0 Å². The van der Waals surface area contributed by atoms with Gasteiger partial charge in [0.05, 0.1) is 0 Å². The summed E-state index contributed by atoms with van der Waals surface area (Å²) >= 11 is 0. The maximum absolute atomic E-state index is 12.3. The van der Waals surface area contributed by atoms with E-state index in [9.17, 15) is 4.79 Å². The molecule has 1 fully saturated rings. The predicted octanol–water partition coefficient (Wildman–Crippen LogP) is 0.942. The summed E-state index contributed by atoms with van der Waals surface area (Å²) in [5, 5.41) is 3.29. The number of amides is 1. The maximum atomic E-state index is 12.3. The van der Waals surface area contributed by atoms with Crippen LogP contribution in [0.4, 0.5) is 0 Å². The van der Waals surface area contributed by atoms with Gasteiger partial charge >= 0.3 is 0 Å². The maximum Gasteiger partial charge on any atom is 0.270 e. The van der Waals surface area contributed by atoms with Gasteiger partial charge in [-0.1, -0.05) is 0 Å². The Morgan fingerprint density at radius 1 is 1.62 bits per heavy atom. The number of carbonyl (C=O) groups excluding carboxylic acids is 1. The Balaban J connectivity index is 2.17. The molecule has 2 rings (SSSR count). The molecule has 4 nitrogen and oxygen atoms in total. The van der Waals surface area contributed by atoms with E-state index in [0.717, 1.165) is 31.9 Å². The van der Waals surface area contributed by atoms with Crippen LogP contribution < -0.4 is 5.32 Å². The molecule has 4 heteroatoms. The van der Waals surface area contributed by atoms with Crippen molar-refractivity contribution in [3.05, 3.63) is 24.0 Å². The molecule has 1 aliphatic heterocycles. The molecule has 0 spiro atoms. The highest BCUT2D eigenvalue weighted by Crippen LogP contribution is 2.11. The fourth-order valence-corrected chi connectivity index (χ4v) is 2.17. The Morgan fingerprint density at radius 2 is 2.44 bits per heavy atom. The normalized spacial score (nSPS) is 21.1. The Labute approximate surface area is 96.2 Å². The van der Waals surface area contributed by atoms with Crippen LogP contribution >= 0.6 is 0 Å². The van der Waals surface area contributed by atoms with Crippen molar-refractivity contribution in [3.8, 4) is 0 Å². The first-order valence-corrected chi connectivity index (χ1v) is 5.91. The van der Waals surface area contributed by atoms with Gasteiger partial charge in [0.1, 0.15) is 5.69 Å². The summed E-state index contributed by atoms with van der Waals surface area (Å²) in [5.41, 5.74) is 0.802. The highest BCUT2D eigenvalue weighted by atomic mass is 16.2. The monoisotopic (exact) mass is 221 g/mol. The van der Waals surface area contributed by atoms with Crippen molar-refractivity contribution in [2.45, 2.75) is 26.4 Å². The van der Waals surface area contributed by atoms with Gasteiger partial charge in [-0.15, -0.1) is 0 Å². The summed E-state index contributed by atoms with van der Waals surface area (Å²) in [6.45, 7) is 7.56. The van der Waals surface area contributed by atoms with E-state index in [1.807, 2.05) is 27.8 Å². The Kier molecular flexibility index (Phi) is 3.29. The lowest BCUT2D eigenvalue weighted by Gasteiger charge is -2.34. The lowest BCUT2D eigenvalue weighted by atomic mass is 10.2. The van der Waals surface area contributed by atoms with Gasteiger partial charge in [0.15, 0.2) is 0 Å². The van der Waals surface area contributed by atoms with Gasteiger partial charge < -0.3 is 14.8 Å². The highest BCUT2D eigenvalue weighted by Gasteiger charge is 2.25. The van der Waals surface area contributed by atoms with E-state index in [2.05, 4.69) is 19.2 Å². The summed E-state index contributed by atoms with van der Waals surface area (Å²) < 4.78 is 2.00. The largest absolute Gasteiger partial charge is 0.344 e. The van der Waals surface area contributed by atoms with Crippen LogP contribution in [0.5, 0.6) is 0 Å². The number of nitrogens with one attached hydrogen (secondary N) is 1. The molecule has 1 atom stereocenters. The summed E-state index contributed by atoms with van der Waals surface area (Å²) in [5.74, 6) is 0.154. The number of aromatic nitrogens is 1. The molecule has 0 aliphatic carbocycles. The van der Waals surface area contributed by atoms with E-state index in [1.54, 1.807) is 0 Å². The van der Waals surface area contributed by atoms with Gasteiger partial charge in [-0.3, -0.25) is 4.79 Å². The molecule has 1 N–H and O–H groups in total. The molecule has 16 heavy (non-hydrogen) atoms. The minimum absolute atomic E-state index is 0.154. The smallest absolute Gasteiger partial charge is 0.270 e. The number of hydrogen-bond acceptors (Lipinski definition) is 2. The lowest BCUT2D eigenvalue weighted by molar-refractivity contribution is 0.0645. The third-order valence-corrected chi connectivity index (χ3v) is 3.15. The zero-order valence-electron chi connectivity index (χ0n) is 9.94. The summed E-state index contributed by atoms with van der Waals surface area (Å²) in [7, 11) is 0. The van der Waals surface area contributed by atoms with Gasteiger partial charge in [-0.25, -0.2) is 0 Å². The van der Waals surface area contributed by atoms with E-state index in [0.29, 0.717) is 0 Å². The van der Waals surface area contributed by atoms with Crippen molar-refractivity contribution in [1.29, 1.82) is 0 Å². The van der Waals surface area contributed by atoms with Crippen LogP contribution in [0.2, 0.25) is 0 Å². The first-order valence-electron chi connectivity index (χ1n) is 5.91. The number of rotatable bonds is 2. The van der Waals surface area contributed by atoms with Crippen molar-refractivity contribution in [3.63, 3.8) is 0 Å². The zero-order valence-corrected chi connectivity index (χ0v) is 9.94. The van der Waals surface area contributed by atoms with Gasteiger partial charge in [-0.05, 0) is 26.0 Å². The molecule has 1 aromatic rings. The van der Waals surface area contributed by atoms with Crippen molar-refractivity contribution in [2.75, 3.05) is 19.6 Å². The Bertz CT molecular complexity index is 372. The number of nitrogens with zero attached hydrogens (tertiary/aromatic N) is 2. The van der Waals surface area contributed by atoms with E-state index in [-0.39, 0.29) is 11.9 Å². The molecule has 1 amide bonds. The summed E-state index contributed by atoms with van der Waals surface area (Å²) in [6, 6.07) is 4.12. The average Bonchev–Trinajstić information content (AvgIpc) is 2.77. The van der Waals surface area contributed by atoms with E-state index in [4.69, 9.17) is 0 Å². The Hall–Kier alpha value is -1.29. The van der Waals surface area contributed by atoms with E-state index in [1.165, 1.54) is 0 Å². The van der Waals surface area contributed by atoms with Crippen LogP contribution in [0.15, 0.2) is 18.3 Å². The number of aryl methyl sites for hydroxylation is 1. The van der Waals surface area contributed by atoms with Gasteiger partial charge in [0, 0.05) is 38.4 Å². The molecule has 1 saturated heterocycles. The molecule has 1 aliphatic rings. The third-order valence-electron chi connectivity index (χ3n) is 3.15. The topological polar surface area (TPSA) is 37.3 Å². The average molecular weight is 221 g/mol. The second kappa shape index (κ2) is 4.70. The first-order chi connectivity index (χ1) is 7.74. The fourth-order valence-electron chi connectivity index (χ4n) is 2.17. The molecule has 0 unspecified atom stereocenters. The minimum atomic E-state index is 0.154. The fraction of sp³-hybridized carbons (Fsp3) is 0.583. The van der Waals surface area contributed by atoms with Crippen LogP contribution in [-0.2, 0) is 6.54 Å². The van der Waals surface area contributed by atoms with Crippen LogP contribution in [0.3, 0.4) is 0 Å². The lowest BCUT2D eigenvalue weighted by Crippen LogP contribution is -2.52. The molecule has 0 bridgehead atoms. The van der Waals surface area contributed by atoms with Crippen molar-refractivity contribution < 1.29 is 4.79 Å². The van der Waals surface area contributed by atoms with Gasteiger partial charge in [-0.2, -0.15) is 0 Å².